The Bertz CT molecular complexity index is 681. The molecule has 0 fully saturated rings. The number of oxime groups is 1. The van der Waals surface area contributed by atoms with Crippen molar-refractivity contribution in [1.82, 2.24) is 9.97 Å². The summed E-state index contributed by atoms with van der Waals surface area (Å²) in [6, 6.07) is 6.47. The van der Waals surface area contributed by atoms with Crippen LogP contribution in [0.1, 0.15) is 6.42 Å². The third-order valence-corrected chi connectivity index (χ3v) is 3.23. The van der Waals surface area contributed by atoms with Crippen molar-refractivity contribution >= 4 is 18.1 Å². The molecule has 0 amide bonds. The van der Waals surface area contributed by atoms with Gasteiger partial charge in [-0.2, -0.15) is 4.39 Å². The van der Waals surface area contributed by atoms with Crippen LogP contribution in [0.3, 0.4) is 0 Å². The second-order valence-electron chi connectivity index (χ2n) is 4.82. The predicted octanol–water partition coefficient (Wildman–Crippen LogP) is 2.19. The van der Waals surface area contributed by atoms with E-state index in [0.29, 0.717) is 36.6 Å². The molecule has 23 heavy (non-hydrogen) atoms. The van der Waals surface area contributed by atoms with E-state index in [2.05, 4.69) is 15.1 Å². The lowest BCUT2D eigenvalue weighted by Gasteiger charge is -2.13. The summed E-state index contributed by atoms with van der Waals surface area (Å²) in [7, 11) is 0. The zero-order valence-corrected chi connectivity index (χ0v) is 13.0. The number of halogens is 2. The Labute approximate surface area is 138 Å². The molecule has 0 aliphatic carbocycles. The van der Waals surface area contributed by atoms with Crippen molar-refractivity contribution in [2.24, 2.45) is 10.9 Å². The standard InChI is InChI=1S/C15H15FN4O2.ClH/c16-14-4-3-10(8-19-14)15-13(2-1-5-18-15)21-9-12-6-11(7-17)20-22-12;/h1-5,8,12H,6-7,9,17H2;1H. The Hall–Kier alpha value is -2.25. The highest BCUT2D eigenvalue weighted by atomic mass is 35.5. The highest BCUT2D eigenvalue weighted by Gasteiger charge is 2.21. The molecule has 8 heteroatoms. The molecule has 1 aliphatic rings. The molecule has 2 aromatic rings. The molecule has 3 rings (SSSR count). The molecule has 1 atom stereocenters. The van der Waals surface area contributed by atoms with Gasteiger partial charge in [-0.05, 0) is 24.3 Å². The Kier molecular flexibility index (Phi) is 5.84. The summed E-state index contributed by atoms with van der Waals surface area (Å²) in [5.74, 6) is 0.0497. The van der Waals surface area contributed by atoms with Gasteiger partial charge in [0, 0.05) is 30.9 Å². The lowest BCUT2D eigenvalue weighted by molar-refractivity contribution is 0.0471. The Morgan fingerprint density at radius 3 is 2.87 bits per heavy atom. The van der Waals surface area contributed by atoms with Gasteiger partial charge >= 0.3 is 0 Å². The first-order valence-corrected chi connectivity index (χ1v) is 6.87. The fourth-order valence-electron chi connectivity index (χ4n) is 2.12. The van der Waals surface area contributed by atoms with E-state index in [1.165, 1.54) is 12.3 Å². The molecule has 1 aliphatic heterocycles. The van der Waals surface area contributed by atoms with E-state index in [9.17, 15) is 4.39 Å². The summed E-state index contributed by atoms with van der Waals surface area (Å²) in [6.45, 7) is 0.718. The molecule has 1 unspecified atom stereocenters. The van der Waals surface area contributed by atoms with E-state index in [0.717, 1.165) is 5.71 Å². The van der Waals surface area contributed by atoms with Crippen molar-refractivity contribution in [2.75, 3.05) is 13.2 Å². The monoisotopic (exact) mass is 338 g/mol. The molecular formula is C15H16ClFN4O2. The van der Waals surface area contributed by atoms with Crippen LogP contribution in [0.5, 0.6) is 5.75 Å². The quantitative estimate of drug-likeness (QED) is 0.845. The minimum atomic E-state index is -0.534. The molecule has 2 aromatic heterocycles. The summed E-state index contributed by atoms with van der Waals surface area (Å²) in [4.78, 5) is 13.2. The van der Waals surface area contributed by atoms with Gasteiger partial charge in [0.1, 0.15) is 18.1 Å². The number of nitrogens with zero attached hydrogens (tertiary/aromatic N) is 3. The minimum absolute atomic E-state index is 0. The Balaban J connectivity index is 0.00000192. The molecule has 0 saturated heterocycles. The van der Waals surface area contributed by atoms with Crippen molar-refractivity contribution in [1.29, 1.82) is 0 Å². The van der Waals surface area contributed by atoms with Crippen molar-refractivity contribution in [3.05, 3.63) is 42.6 Å². The first-order valence-electron chi connectivity index (χ1n) is 6.87. The topological polar surface area (TPSA) is 82.6 Å². The summed E-state index contributed by atoms with van der Waals surface area (Å²) in [6.07, 6.45) is 3.57. The smallest absolute Gasteiger partial charge is 0.212 e. The van der Waals surface area contributed by atoms with E-state index in [-0.39, 0.29) is 18.5 Å². The molecule has 0 saturated carbocycles. The van der Waals surface area contributed by atoms with E-state index in [4.69, 9.17) is 15.3 Å². The van der Waals surface area contributed by atoms with Crippen LogP contribution in [0, 0.1) is 5.95 Å². The average Bonchev–Trinajstić information content (AvgIpc) is 3.02. The van der Waals surface area contributed by atoms with E-state index < -0.39 is 5.95 Å². The van der Waals surface area contributed by atoms with Gasteiger partial charge in [-0.1, -0.05) is 5.16 Å². The van der Waals surface area contributed by atoms with Crippen molar-refractivity contribution < 1.29 is 14.0 Å². The highest BCUT2D eigenvalue weighted by Crippen LogP contribution is 2.27. The van der Waals surface area contributed by atoms with Crippen molar-refractivity contribution in [3.63, 3.8) is 0 Å². The van der Waals surface area contributed by atoms with Gasteiger partial charge in [-0.25, -0.2) is 4.98 Å². The van der Waals surface area contributed by atoms with Crippen LogP contribution in [0.2, 0.25) is 0 Å². The molecule has 2 N–H and O–H groups in total. The van der Waals surface area contributed by atoms with E-state index >= 15 is 0 Å². The van der Waals surface area contributed by atoms with Gasteiger partial charge in [-0.15, -0.1) is 12.4 Å². The maximum atomic E-state index is 12.9. The number of ether oxygens (including phenoxy) is 1. The summed E-state index contributed by atoms with van der Waals surface area (Å²) < 4.78 is 18.7. The van der Waals surface area contributed by atoms with Gasteiger partial charge in [0.05, 0.1) is 5.71 Å². The van der Waals surface area contributed by atoms with Gasteiger partial charge in [0.25, 0.3) is 0 Å². The zero-order valence-electron chi connectivity index (χ0n) is 12.2. The van der Waals surface area contributed by atoms with E-state index in [1.807, 2.05) is 0 Å². The number of hydrogen-bond donors (Lipinski definition) is 1. The van der Waals surface area contributed by atoms with Crippen LogP contribution in [0.15, 0.2) is 41.8 Å². The molecular weight excluding hydrogens is 323 g/mol. The number of nitrogens with two attached hydrogens (primary N) is 1. The molecule has 6 nitrogen and oxygen atoms in total. The van der Waals surface area contributed by atoms with Gasteiger partial charge in [-0.3, -0.25) is 4.98 Å². The second-order valence-corrected chi connectivity index (χ2v) is 4.82. The maximum Gasteiger partial charge on any atom is 0.212 e. The van der Waals surface area contributed by atoms with Crippen LogP contribution in [0.25, 0.3) is 11.3 Å². The van der Waals surface area contributed by atoms with Crippen LogP contribution in [-0.4, -0.2) is 34.9 Å². The average molecular weight is 339 g/mol. The minimum Gasteiger partial charge on any atom is -0.487 e. The molecule has 3 heterocycles. The van der Waals surface area contributed by atoms with Gasteiger partial charge < -0.3 is 15.3 Å². The first kappa shape index (κ1) is 17.1. The second kappa shape index (κ2) is 7.85. The molecule has 122 valence electrons. The molecule has 0 aromatic carbocycles. The van der Waals surface area contributed by atoms with Crippen LogP contribution < -0.4 is 10.5 Å². The number of hydrogen-bond acceptors (Lipinski definition) is 6. The highest BCUT2D eigenvalue weighted by molar-refractivity contribution is 5.87. The molecule has 0 radical (unpaired) electrons. The number of pyridine rings is 2. The predicted molar refractivity (Wildman–Crippen MR) is 86.1 cm³/mol. The van der Waals surface area contributed by atoms with Crippen molar-refractivity contribution in [2.45, 2.75) is 12.5 Å². The first-order chi connectivity index (χ1) is 10.8. The fourth-order valence-corrected chi connectivity index (χ4v) is 2.12. The third-order valence-electron chi connectivity index (χ3n) is 3.23. The van der Waals surface area contributed by atoms with Crippen molar-refractivity contribution in [3.8, 4) is 17.0 Å². The van der Waals surface area contributed by atoms with Gasteiger partial charge in [0.2, 0.25) is 5.95 Å². The molecule has 0 bridgehead atoms. The fraction of sp³-hybridized carbons (Fsp3) is 0.267. The summed E-state index contributed by atoms with van der Waals surface area (Å²) in [5, 5.41) is 3.88. The molecule has 0 spiro atoms. The zero-order chi connectivity index (χ0) is 15.4. The van der Waals surface area contributed by atoms with Crippen LogP contribution in [0.4, 0.5) is 4.39 Å². The summed E-state index contributed by atoms with van der Waals surface area (Å²) in [5.41, 5.74) is 7.63. The Morgan fingerprint density at radius 2 is 2.17 bits per heavy atom. The largest absolute Gasteiger partial charge is 0.487 e. The Morgan fingerprint density at radius 1 is 1.30 bits per heavy atom. The summed E-state index contributed by atoms with van der Waals surface area (Å²) >= 11 is 0. The lowest BCUT2D eigenvalue weighted by atomic mass is 10.1. The number of aromatic nitrogens is 2. The van der Waals surface area contributed by atoms with Crippen LogP contribution in [-0.2, 0) is 4.84 Å². The van der Waals surface area contributed by atoms with E-state index in [1.54, 1.807) is 24.4 Å². The third kappa shape index (κ3) is 4.14. The van der Waals surface area contributed by atoms with Gasteiger partial charge in [0.15, 0.2) is 6.10 Å². The normalized spacial score (nSPS) is 16.3. The van der Waals surface area contributed by atoms with Crippen LogP contribution >= 0.6 is 12.4 Å². The maximum absolute atomic E-state index is 12.9. The number of rotatable bonds is 5. The SMILES string of the molecule is Cl.NCC1=NOC(COc2cccnc2-c2ccc(F)nc2)C1. The lowest BCUT2D eigenvalue weighted by Crippen LogP contribution is -2.20.